The van der Waals surface area contributed by atoms with Crippen molar-refractivity contribution in [2.75, 3.05) is 30.3 Å². The first-order valence-electron chi connectivity index (χ1n) is 11.4. The van der Waals surface area contributed by atoms with Crippen molar-refractivity contribution in [2.24, 2.45) is 0 Å². The smallest absolute Gasteiger partial charge is 0.214 e. The fraction of sp³-hybridized carbons (Fsp3) is 0.346. The van der Waals surface area contributed by atoms with Crippen LogP contribution in [0.1, 0.15) is 30.0 Å². The summed E-state index contributed by atoms with van der Waals surface area (Å²) in [6.45, 7) is 4.21. The molecule has 2 aromatic carbocycles. The van der Waals surface area contributed by atoms with Crippen LogP contribution in [0.2, 0.25) is 0 Å². The number of nitrogens with zero attached hydrogens (tertiary/aromatic N) is 3. The van der Waals surface area contributed by atoms with Gasteiger partial charge < -0.3 is 10.2 Å². The predicted octanol–water partition coefficient (Wildman–Crippen LogP) is 3.57. The number of benzene rings is 2. The largest absolute Gasteiger partial charge is 0.387 e. The highest BCUT2D eigenvalue weighted by Crippen LogP contribution is 2.32. The Labute approximate surface area is 196 Å². The SMILES string of the molecule is CCCS(=O)(=O)N1Cc2cc(C#N)ccc2N(CC2=CC=CNC2)C[C@H]1Cc1ccccc1. The van der Waals surface area contributed by atoms with E-state index < -0.39 is 10.0 Å². The summed E-state index contributed by atoms with van der Waals surface area (Å²) in [6, 6.07) is 17.7. The van der Waals surface area contributed by atoms with E-state index >= 15 is 0 Å². The van der Waals surface area contributed by atoms with Crippen molar-refractivity contribution in [2.45, 2.75) is 32.4 Å². The van der Waals surface area contributed by atoms with Gasteiger partial charge in [-0.3, -0.25) is 0 Å². The van der Waals surface area contributed by atoms with Gasteiger partial charge in [0.05, 0.1) is 17.4 Å². The van der Waals surface area contributed by atoms with Crippen molar-refractivity contribution in [3.63, 3.8) is 0 Å². The van der Waals surface area contributed by atoms with Gasteiger partial charge in [0.15, 0.2) is 0 Å². The van der Waals surface area contributed by atoms with Gasteiger partial charge in [-0.05, 0) is 60.0 Å². The van der Waals surface area contributed by atoms with Crippen molar-refractivity contribution in [3.8, 4) is 6.07 Å². The van der Waals surface area contributed by atoms with Crippen molar-refractivity contribution in [1.29, 1.82) is 5.26 Å². The zero-order valence-corrected chi connectivity index (χ0v) is 19.8. The summed E-state index contributed by atoms with van der Waals surface area (Å²) in [5.74, 6) is 0.116. The molecule has 2 aromatic rings. The number of dihydropyridines is 1. The Kier molecular flexibility index (Phi) is 7.17. The molecule has 0 saturated carbocycles. The van der Waals surface area contributed by atoms with Crippen molar-refractivity contribution in [1.82, 2.24) is 9.62 Å². The number of fused-ring (bicyclic) bond motifs is 1. The fourth-order valence-electron chi connectivity index (χ4n) is 4.59. The van der Waals surface area contributed by atoms with Gasteiger partial charge in [0.1, 0.15) is 0 Å². The Morgan fingerprint density at radius 2 is 2.00 bits per heavy atom. The predicted molar refractivity (Wildman–Crippen MR) is 132 cm³/mol. The molecule has 0 spiro atoms. The third-order valence-electron chi connectivity index (χ3n) is 6.12. The van der Waals surface area contributed by atoms with E-state index in [9.17, 15) is 13.7 Å². The van der Waals surface area contributed by atoms with Crippen LogP contribution < -0.4 is 10.2 Å². The van der Waals surface area contributed by atoms with Gasteiger partial charge in [-0.15, -0.1) is 0 Å². The summed E-state index contributed by atoms with van der Waals surface area (Å²) >= 11 is 0. The summed E-state index contributed by atoms with van der Waals surface area (Å²) in [7, 11) is -3.46. The van der Waals surface area contributed by atoms with Crippen LogP contribution in [-0.4, -0.2) is 44.2 Å². The average molecular weight is 463 g/mol. The summed E-state index contributed by atoms with van der Waals surface area (Å²) in [6.07, 6.45) is 7.24. The molecule has 0 aliphatic carbocycles. The molecule has 0 amide bonds. The molecule has 172 valence electrons. The second kappa shape index (κ2) is 10.2. The van der Waals surface area contributed by atoms with E-state index in [-0.39, 0.29) is 18.3 Å². The summed E-state index contributed by atoms with van der Waals surface area (Å²) in [5, 5.41) is 12.7. The lowest BCUT2D eigenvalue weighted by molar-refractivity contribution is 0.319. The van der Waals surface area contributed by atoms with Crippen LogP contribution in [0.5, 0.6) is 0 Å². The van der Waals surface area contributed by atoms with Crippen molar-refractivity contribution in [3.05, 3.63) is 89.1 Å². The van der Waals surface area contributed by atoms with E-state index in [1.165, 1.54) is 5.57 Å². The Hall–Kier alpha value is -3.08. The van der Waals surface area contributed by atoms with Gasteiger partial charge in [0, 0.05) is 37.9 Å². The van der Waals surface area contributed by atoms with Crippen LogP contribution in [0.4, 0.5) is 5.69 Å². The number of hydrogen-bond donors (Lipinski definition) is 1. The molecule has 0 radical (unpaired) electrons. The first-order valence-corrected chi connectivity index (χ1v) is 13.0. The standard InChI is InChI=1S/C26H30N4O2S/c1-2-13-33(31,32)30-19-24-14-22(16-27)10-11-26(24)29(18-23-9-6-12-28-17-23)20-25(30)15-21-7-4-3-5-8-21/h3-12,14,25,28H,2,13,15,17-20H2,1H3/t25-/m1/s1. The van der Waals surface area contributed by atoms with Crippen molar-refractivity contribution < 1.29 is 8.42 Å². The van der Waals surface area contributed by atoms with E-state index in [2.05, 4.69) is 34.5 Å². The first kappa shape index (κ1) is 23.1. The van der Waals surface area contributed by atoms with Gasteiger partial charge in [-0.2, -0.15) is 9.57 Å². The van der Waals surface area contributed by atoms with Crippen LogP contribution >= 0.6 is 0 Å². The number of nitriles is 1. The lowest BCUT2D eigenvalue weighted by atomic mass is 10.0. The second-order valence-corrected chi connectivity index (χ2v) is 10.6. The second-order valence-electron chi connectivity index (χ2n) is 8.61. The van der Waals surface area contributed by atoms with Crippen LogP contribution in [-0.2, 0) is 23.0 Å². The molecule has 0 unspecified atom stereocenters. The Bertz CT molecular complexity index is 1180. The van der Waals surface area contributed by atoms with E-state index in [0.29, 0.717) is 31.5 Å². The number of allylic oxidation sites excluding steroid dienone is 2. The molecule has 2 heterocycles. The third kappa shape index (κ3) is 5.47. The van der Waals surface area contributed by atoms with Crippen LogP contribution in [0.15, 0.2) is 72.5 Å². The molecule has 0 bridgehead atoms. The van der Waals surface area contributed by atoms with Crippen LogP contribution in [0.3, 0.4) is 0 Å². The minimum Gasteiger partial charge on any atom is -0.387 e. The van der Waals surface area contributed by atoms with E-state index in [1.54, 1.807) is 4.31 Å². The maximum atomic E-state index is 13.4. The van der Waals surface area contributed by atoms with Crippen molar-refractivity contribution >= 4 is 15.7 Å². The molecule has 7 heteroatoms. The molecule has 0 aromatic heterocycles. The molecular formula is C26H30N4O2S. The maximum Gasteiger partial charge on any atom is 0.214 e. The molecule has 1 N–H and O–H groups in total. The lowest BCUT2D eigenvalue weighted by Gasteiger charge is -2.33. The van der Waals surface area contributed by atoms with Gasteiger partial charge >= 0.3 is 0 Å². The zero-order valence-electron chi connectivity index (χ0n) is 18.9. The lowest BCUT2D eigenvalue weighted by Crippen LogP contribution is -2.47. The molecule has 33 heavy (non-hydrogen) atoms. The Balaban J connectivity index is 1.77. The van der Waals surface area contributed by atoms with Gasteiger partial charge in [0.2, 0.25) is 10.0 Å². The average Bonchev–Trinajstić information content (AvgIpc) is 2.97. The molecule has 1 atom stereocenters. The summed E-state index contributed by atoms with van der Waals surface area (Å²) < 4.78 is 28.5. The minimum absolute atomic E-state index is 0.116. The highest BCUT2D eigenvalue weighted by molar-refractivity contribution is 7.89. The third-order valence-corrected chi connectivity index (χ3v) is 8.18. The number of rotatable bonds is 7. The first-order chi connectivity index (χ1) is 16.0. The molecular weight excluding hydrogens is 432 g/mol. The summed E-state index contributed by atoms with van der Waals surface area (Å²) in [4.78, 5) is 2.28. The highest BCUT2D eigenvalue weighted by Gasteiger charge is 2.35. The topological polar surface area (TPSA) is 76.4 Å². The van der Waals surface area contributed by atoms with E-state index in [1.807, 2.05) is 55.6 Å². The molecule has 2 aliphatic rings. The highest BCUT2D eigenvalue weighted by atomic mass is 32.2. The van der Waals surface area contributed by atoms with Gasteiger partial charge in [0.25, 0.3) is 0 Å². The van der Waals surface area contributed by atoms with Crippen LogP contribution in [0, 0.1) is 11.3 Å². The Morgan fingerprint density at radius 3 is 2.70 bits per heavy atom. The minimum atomic E-state index is -3.46. The quantitative estimate of drug-likeness (QED) is 0.681. The normalized spacial score (nSPS) is 18.6. The monoisotopic (exact) mass is 462 g/mol. The Morgan fingerprint density at radius 1 is 1.18 bits per heavy atom. The molecule has 4 rings (SSSR count). The van der Waals surface area contributed by atoms with E-state index in [0.717, 1.165) is 23.4 Å². The van der Waals surface area contributed by atoms with Gasteiger partial charge in [-0.25, -0.2) is 8.42 Å². The number of sulfonamides is 1. The number of anilines is 1. The molecule has 6 nitrogen and oxygen atoms in total. The maximum absolute atomic E-state index is 13.4. The molecule has 2 aliphatic heterocycles. The van der Waals surface area contributed by atoms with Crippen LogP contribution in [0.25, 0.3) is 0 Å². The van der Waals surface area contributed by atoms with Gasteiger partial charge in [-0.1, -0.05) is 43.3 Å². The molecule has 0 fully saturated rings. The summed E-state index contributed by atoms with van der Waals surface area (Å²) in [5.41, 5.74) is 4.77. The van der Waals surface area contributed by atoms with E-state index in [4.69, 9.17) is 0 Å². The number of hydrogen-bond acceptors (Lipinski definition) is 5. The molecule has 0 saturated heterocycles. The number of nitrogens with one attached hydrogen (secondary N) is 1. The zero-order chi connectivity index (χ0) is 23.3. The fourth-order valence-corrected chi connectivity index (χ4v) is 6.27.